The number of aromatic hydroxyl groups is 1. The van der Waals surface area contributed by atoms with Crippen LogP contribution in [0.3, 0.4) is 0 Å². The molecule has 0 aromatic heterocycles. The molecule has 184 valence electrons. The van der Waals surface area contributed by atoms with Crippen LogP contribution in [0.15, 0.2) is 36.4 Å². The lowest BCUT2D eigenvalue weighted by molar-refractivity contribution is 0.302. The first-order valence-corrected chi connectivity index (χ1v) is 13.1. The normalized spacial score (nSPS) is 14.1. The van der Waals surface area contributed by atoms with Gasteiger partial charge in [-0.05, 0) is 60.1 Å². The van der Waals surface area contributed by atoms with Crippen LogP contribution in [-0.4, -0.2) is 17.9 Å². The Balaban J connectivity index is 2.47. The SMILES string of the molecule is CCC(CC)P(=O)(ONc1ccc(OC)cc1)Oc1cc(C(C)(C)C)c(O)c(C(C)(C)C)c1. The van der Waals surface area contributed by atoms with Gasteiger partial charge in [0.25, 0.3) is 0 Å². The van der Waals surface area contributed by atoms with Crippen LogP contribution >= 0.6 is 7.60 Å². The number of benzene rings is 2. The van der Waals surface area contributed by atoms with Gasteiger partial charge < -0.3 is 14.4 Å². The van der Waals surface area contributed by atoms with Gasteiger partial charge >= 0.3 is 7.60 Å². The van der Waals surface area contributed by atoms with Crippen molar-refractivity contribution in [3.8, 4) is 17.2 Å². The molecule has 0 aliphatic rings. The molecule has 2 rings (SSSR count). The highest BCUT2D eigenvalue weighted by Gasteiger charge is 2.37. The van der Waals surface area contributed by atoms with Crippen LogP contribution in [0.4, 0.5) is 5.69 Å². The fourth-order valence-electron chi connectivity index (χ4n) is 3.63. The predicted molar refractivity (Wildman–Crippen MR) is 136 cm³/mol. The van der Waals surface area contributed by atoms with Gasteiger partial charge in [0, 0.05) is 11.1 Å². The molecule has 0 amide bonds. The molecular formula is C26H40NO5P. The number of phenols is 1. The van der Waals surface area contributed by atoms with E-state index in [1.807, 2.05) is 55.4 Å². The molecule has 0 spiro atoms. The minimum atomic E-state index is -3.62. The van der Waals surface area contributed by atoms with Gasteiger partial charge in [-0.15, -0.1) is 0 Å². The van der Waals surface area contributed by atoms with E-state index < -0.39 is 7.60 Å². The van der Waals surface area contributed by atoms with Crippen LogP contribution < -0.4 is 14.7 Å². The third-order valence-corrected chi connectivity index (χ3v) is 8.14. The summed E-state index contributed by atoms with van der Waals surface area (Å²) >= 11 is 0. The van der Waals surface area contributed by atoms with E-state index in [1.54, 1.807) is 43.5 Å². The molecule has 0 aliphatic heterocycles. The number of hydrogen-bond donors (Lipinski definition) is 2. The smallest absolute Gasteiger partial charge is 0.403 e. The second-order valence-corrected chi connectivity index (χ2v) is 12.6. The van der Waals surface area contributed by atoms with Crippen LogP contribution in [0.1, 0.15) is 79.4 Å². The van der Waals surface area contributed by atoms with Crippen LogP contribution in [0, 0.1) is 0 Å². The molecule has 0 saturated carbocycles. The summed E-state index contributed by atoms with van der Waals surface area (Å²) in [6.45, 7) is 16.1. The van der Waals surface area contributed by atoms with E-state index in [4.69, 9.17) is 13.9 Å². The van der Waals surface area contributed by atoms with E-state index in [0.717, 1.165) is 11.1 Å². The molecule has 0 saturated heterocycles. The average molecular weight is 478 g/mol. The van der Waals surface area contributed by atoms with Crippen molar-refractivity contribution in [3.63, 3.8) is 0 Å². The Morgan fingerprint density at radius 1 is 0.909 bits per heavy atom. The van der Waals surface area contributed by atoms with Crippen molar-refractivity contribution < 1.29 is 23.6 Å². The molecule has 2 aromatic rings. The number of phenolic OH excluding ortho intramolecular Hbond substituents is 1. The van der Waals surface area contributed by atoms with Gasteiger partial charge in [0.05, 0.1) is 18.5 Å². The van der Waals surface area contributed by atoms with Crippen molar-refractivity contribution in [3.05, 3.63) is 47.5 Å². The Labute approximate surface area is 199 Å². The standard InChI is InChI=1S/C26H40NO5P/c1-10-21(11-2)33(29,32-27-18-12-14-19(30-9)15-13-18)31-20-16-22(25(3,4)5)24(28)23(17-20)26(6,7)8/h12-17,21,27-28H,10-11H2,1-9H3. The van der Waals surface area contributed by atoms with E-state index in [9.17, 15) is 9.67 Å². The topological polar surface area (TPSA) is 77.0 Å². The summed E-state index contributed by atoms with van der Waals surface area (Å²) in [4.78, 5) is 0. The van der Waals surface area contributed by atoms with Gasteiger partial charge in [-0.25, -0.2) is 4.57 Å². The Bertz CT molecular complexity index is 935. The minimum absolute atomic E-state index is 0.247. The first-order chi connectivity index (χ1) is 15.2. The van der Waals surface area contributed by atoms with Crippen LogP contribution in [0.5, 0.6) is 17.2 Å². The largest absolute Gasteiger partial charge is 0.507 e. The molecule has 0 fully saturated rings. The Morgan fingerprint density at radius 3 is 1.79 bits per heavy atom. The van der Waals surface area contributed by atoms with Gasteiger partial charge in [-0.2, -0.15) is 4.62 Å². The maximum Gasteiger partial charge on any atom is 0.403 e. The van der Waals surface area contributed by atoms with Crippen LogP contribution in [0.2, 0.25) is 0 Å². The zero-order valence-electron chi connectivity index (χ0n) is 21.5. The molecule has 6 nitrogen and oxygen atoms in total. The van der Waals surface area contributed by atoms with Crippen molar-refractivity contribution in [2.24, 2.45) is 0 Å². The number of methoxy groups -OCH3 is 1. The molecule has 7 heteroatoms. The summed E-state index contributed by atoms with van der Waals surface area (Å²) in [6.07, 6.45) is 1.27. The molecule has 2 N–H and O–H groups in total. The Morgan fingerprint density at radius 2 is 1.39 bits per heavy atom. The van der Waals surface area contributed by atoms with E-state index in [-0.39, 0.29) is 22.2 Å². The highest BCUT2D eigenvalue weighted by molar-refractivity contribution is 7.55. The van der Waals surface area contributed by atoms with Crippen LogP contribution in [-0.2, 0) is 20.0 Å². The maximum absolute atomic E-state index is 14.1. The van der Waals surface area contributed by atoms with Crippen molar-refractivity contribution in [2.45, 2.75) is 84.7 Å². The van der Waals surface area contributed by atoms with Crippen molar-refractivity contribution in [2.75, 3.05) is 12.6 Å². The molecule has 0 bridgehead atoms. The predicted octanol–water partition coefficient (Wildman–Crippen LogP) is 7.80. The monoisotopic (exact) mass is 477 g/mol. The van der Waals surface area contributed by atoms with Crippen molar-refractivity contribution >= 4 is 13.3 Å². The lowest BCUT2D eigenvalue weighted by Gasteiger charge is -2.30. The summed E-state index contributed by atoms with van der Waals surface area (Å²) in [5.74, 6) is 1.39. The highest BCUT2D eigenvalue weighted by atomic mass is 31.2. The molecule has 1 unspecified atom stereocenters. The molecule has 0 heterocycles. The molecule has 0 aliphatic carbocycles. The number of rotatable bonds is 9. The summed E-state index contributed by atoms with van der Waals surface area (Å²) in [6, 6.07) is 10.7. The maximum atomic E-state index is 14.1. The van der Waals surface area contributed by atoms with Gasteiger partial charge in [0.15, 0.2) is 0 Å². The first-order valence-electron chi connectivity index (χ1n) is 11.5. The van der Waals surface area contributed by atoms with Crippen molar-refractivity contribution in [1.82, 2.24) is 0 Å². The molecular weight excluding hydrogens is 437 g/mol. The lowest BCUT2D eigenvalue weighted by atomic mass is 9.79. The Hall–Kier alpha value is -2.17. The first kappa shape index (κ1) is 27.1. The average Bonchev–Trinajstić information content (AvgIpc) is 2.73. The van der Waals surface area contributed by atoms with Gasteiger partial charge in [0.2, 0.25) is 0 Å². The van der Waals surface area contributed by atoms with Gasteiger partial charge in [0.1, 0.15) is 17.2 Å². The quantitative estimate of drug-likeness (QED) is 0.283. The summed E-state index contributed by atoms with van der Waals surface area (Å²) in [7, 11) is -2.02. The van der Waals surface area contributed by atoms with E-state index in [2.05, 4.69) is 5.48 Å². The number of hydrogen-bond acceptors (Lipinski definition) is 6. The molecule has 33 heavy (non-hydrogen) atoms. The molecule has 2 aromatic carbocycles. The number of anilines is 1. The summed E-state index contributed by atoms with van der Waals surface area (Å²) < 4.78 is 31.2. The summed E-state index contributed by atoms with van der Waals surface area (Å²) in [5, 5.41) is 11.0. The lowest BCUT2D eigenvalue weighted by Crippen LogP contribution is -2.19. The second kappa shape index (κ2) is 10.4. The third kappa shape index (κ3) is 6.68. The van der Waals surface area contributed by atoms with E-state index in [1.165, 1.54) is 0 Å². The molecule has 0 radical (unpaired) electrons. The van der Waals surface area contributed by atoms with Crippen LogP contribution in [0.25, 0.3) is 0 Å². The fourth-order valence-corrected chi connectivity index (χ4v) is 5.49. The Kier molecular flexibility index (Phi) is 8.53. The van der Waals surface area contributed by atoms with Gasteiger partial charge in [-0.3, -0.25) is 5.48 Å². The molecule has 1 atom stereocenters. The van der Waals surface area contributed by atoms with E-state index in [0.29, 0.717) is 30.0 Å². The van der Waals surface area contributed by atoms with Crippen molar-refractivity contribution in [1.29, 1.82) is 0 Å². The third-order valence-electron chi connectivity index (χ3n) is 5.70. The van der Waals surface area contributed by atoms with E-state index >= 15 is 0 Å². The zero-order valence-corrected chi connectivity index (χ0v) is 22.4. The fraction of sp³-hybridized carbons (Fsp3) is 0.538. The second-order valence-electron chi connectivity index (χ2n) is 10.4. The number of ether oxygens (including phenoxy) is 1. The minimum Gasteiger partial charge on any atom is -0.507 e. The highest BCUT2D eigenvalue weighted by Crippen LogP contribution is 2.56. The van der Waals surface area contributed by atoms with Gasteiger partial charge in [-0.1, -0.05) is 55.4 Å². The zero-order chi connectivity index (χ0) is 25.0. The summed E-state index contributed by atoms with van der Waals surface area (Å²) in [5.41, 5.74) is 3.98. The number of nitrogens with one attached hydrogen (secondary N) is 1.